The Bertz CT molecular complexity index is 733. The summed E-state index contributed by atoms with van der Waals surface area (Å²) in [5, 5.41) is 13.2. The lowest BCUT2D eigenvalue weighted by atomic mass is 9.94. The van der Waals surface area contributed by atoms with Crippen molar-refractivity contribution in [3.63, 3.8) is 0 Å². The molecule has 0 aliphatic heterocycles. The number of nitrogens with zero attached hydrogens (tertiary/aromatic N) is 1. The highest BCUT2D eigenvalue weighted by molar-refractivity contribution is 6.34. The number of nitro groups is 1. The highest BCUT2D eigenvalue weighted by Crippen LogP contribution is 2.43. The van der Waals surface area contributed by atoms with E-state index in [1.54, 1.807) is 0 Å². The van der Waals surface area contributed by atoms with Crippen molar-refractivity contribution >= 4 is 34.9 Å². The van der Waals surface area contributed by atoms with Crippen molar-refractivity contribution < 1.29 is 19.2 Å². The normalized spacial score (nSPS) is 24.0. The molecule has 0 spiro atoms. The van der Waals surface area contributed by atoms with Crippen molar-refractivity contribution in [2.24, 2.45) is 17.8 Å². The van der Waals surface area contributed by atoms with E-state index in [2.05, 4.69) is 11.4 Å². The lowest BCUT2D eigenvalue weighted by Gasteiger charge is -2.16. The first-order valence-electron chi connectivity index (χ1n) is 7.53. The first-order chi connectivity index (χ1) is 11.4. The van der Waals surface area contributed by atoms with Crippen molar-refractivity contribution in [3.8, 4) is 0 Å². The van der Waals surface area contributed by atoms with Crippen LogP contribution in [-0.4, -0.2) is 23.4 Å². The van der Waals surface area contributed by atoms with Gasteiger partial charge in [-0.15, -0.1) is 0 Å². The second-order valence-electron chi connectivity index (χ2n) is 5.96. The molecule has 1 aromatic carbocycles. The lowest BCUT2D eigenvalue weighted by Crippen LogP contribution is -2.26. The van der Waals surface area contributed by atoms with E-state index in [1.807, 2.05) is 6.08 Å². The number of carbonyl (C=O) groups excluding carboxylic acids is 2. The SMILES string of the molecule is O=C(COC(=O)C1CC2C=CC1C2)Nc1ccc([N+](=O)[O-])cc1Cl. The van der Waals surface area contributed by atoms with Crippen molar-refractivity contribution in [3.05, 3.63) is 45.5 Å². The van der Waals surface area contributed by atoms with Crippen molar-refractivity contribution in [2.45, 2.75) is 12.8 Å². The molecule has 8 heteroatoms. The summed E-state index contributed by atoms with van der Waals surface area (Å²) in [5.74, 6) is -0.416. The fraction of sp³-hybridized carbons (Fsp3) is 0.375. The number of hydrogen-bond donors (Lipinski definition) is 1. The first kappa shape index (κ1) is 16.4. The average molecular weight is 351 g/mol. The summed E-state index contributed by atoms with van der Waals surface area (Å²) in [6.45, 7) is -0.413. The molecule has 2 aliphatic rings. The molecule has 126 valence electrons. The van der Waals surface area contributed by atoms with Crippen LogP contribution in [0.3, 0.4) is 0 Å². The van der Waals surface area contributed by atoms with Gasteiger partial charge in [-0.2, -0.15) is 0 Å². The molecule has 7 nitrogen and oxygen atoms in total. The zero-order valence-electron chi connectivity index (χ0n) is 12.6. The van der Waals surface area contributed by atoms with E-state index in [4.69, 9.17) is 16.3 Å². The van der Waals surface area contributed by atoms with Crippen LogP contribution < -0.4 is 5.32 Å². The van der Waals surface area contributed by atoms with E-state index in [-0.39, 0.29) is 34.2 Å². The molecular formula is C16H15ClN2O5. The Morgan fingerprint density at radius 3 is 2.71 bits per heavy atom. The molecule has 24 heavy (non-hydrogen) atoms. The van der Waals surface area contributed by atoms with E-state index in [1.165, 1.54) is 12.1 Å². The van der Waals surface area contributed by atoms with Crippen LogP contribution in [0.1, 0.15) is 12.8 Å². The molecule has 2 bridgehead atoms. The predicted octanol–water partition coefficient (Wildman–Crippen LogP) is 2.94. The second kappa shape index (κ2) is 6.60. The van der Waals surface area contributed by atoms with Crippen molar-refractivity contribution in [1.29, 1.82) is 0 Å². The summed E-state index contributed by atoms with van der Waals surface area (Å²) in [4.78, 5) is 34.0. The number of carbonyl (C=O) groups is 2. The van der Waals surface area contributed by atoms with Crippen LogP contribution in [0.25, 0.3) is 0 Å². The van der Waals surface area contributed by atoms with Gasteiger partial charge in [-0.1, -0.05) is 23.8 Å². The summed E-state index contributed by atoms with van der Waals surface area (Å²) in [5.41, 5.74) is 0.0555. The number of anilines is 1. The molecule has 0 aromatic heterocycles. The number of nitro benzene ring substituents is 1. The second-order valence-corrected chi connectivity index (χ2v) is 6.37. The van der Waals surface area contributed by atoms with Crippen LogP contribution in [0.4, 0.5) is 11.4 Å². The van der Waals surface area contributed by atoms with Gasteiger partial charge in [0, 0.05) is 12.1 Å². The van der Waals surface area contributed by atoms with Gasteiger partial charge in [0.25, 0.3) is 11.6 Å². The summed E-state index contributed by atoms with van der Waals surface area (Å²) in [7, 11) is 0. The van der Waals surface area contributed by atoms with E-state index < -0.39 is 17.4 Å². The number of non-ortho nitro benzene ring substituents is 1. The van der Waals surface area contributed by atoms with Gasteiger partial charge < -0.3 is 10.1 Å². The van der Waals surface area contributed by atoms with Crippen LogP contribution in [0, 0.1) is 27.9 Å². The zero-order valence-corrected chi connectivity index (χ0v) is 13.4. The number of benzene rings is 1. The molecular weight excluding hydrogens is 336 g/mol. The van der Waals surface area contributed by atoms with Gasteiger partial charge >= 0.3 is 5.97 Å². The Morgan fingerprint density at radius 1 is 1.33 bits per heavy atom. The molecule has 3 atom stereocenters. The Labute approximate surface area is 142 Å². The van der Waals surface area contributed by atoms with Crippen LogP contribution in [-0.2, 0) is 14.3 Å². The topological polar surface area (TPSA) is 98.5 Å². The van der Waals surface area contributed by atoms with E-state index in [0.717, 1.165) is 18.9 Å². The number of allylic oxidation sites excluding steroid dienone is 2. The number of ether oxygens (including phenoxy) is 1. The largest absolute Gasteiger partial charge is 0.455 e. The molecule has 1 amide bonds. The van der Waals surface area contributed by atoms with Crippen molar-refractivity contribution in [1.82, 2.24) is 0 Å². The number of amides is 1. The number of nitrogens with one attached hydrogen (secondary N) is 1. The Balaban J connectivity index is 1.52. The molecule has 3 unspecified atom stereocenters. The highest BCUT2D eigenvalue weighted by atomic mass is 35.5. The van der Waals surface area contributed by atoms with E-state index in [0.29, 0.717) is 5.92 Å². The van der Waals surface area contributed by atoms with Crippen molar-refractivity contribution in [2.75, 3.05) is 11.9 Å². The number of rotatable bonds is 5. The van der Waals surface area contributed by atoms with E-state index in [9.17, 15) is 19.7 Å². The van der Waals surface area contributed by atoms with Gasteiger partial charge in [-0.3, -0.25) is 19.7 Å². The Morgan fingerprint density at radius 2 is 2.12 bits per heavy atom. The molecule has 2 aliphatic carbocycles. The van der Waals surface area contributed by atoms with Gasteiger partial charge in [0.15, 0.2) is 6.61 Å². The average Bonchev–Trinajstić information content (AvgIpc) is 3.17. The van der Waals surface area contributed by atoms with Gasteiger partial charge in [-0.25, -0.2) is 0 Å². The van der Waals surface area contributed by atoms with Crippen LogP contribution in [0.15, 0.2) is 30.4 Å². The summed E-state index contributed by atoms with van der Waals surface area (Å²) in [6, 6.07) is 3.71. The Kier molecular flexibility index (Phi) is 4.53. The third-order valence-corrected chi connectivity index (χ3v) is 4.68. The van der Waals surface area contributed by atoms with Crippen LogP contribution >= 0.6 is 11.6 Å². The van der Waals surface area contributed by atoms with Gasteiger partial charge in [0.1, 0.15) is 0 Å². The van der Waals surface area contributed by atoms with E-state index >= 15 is 0 Å². The standard InChI is InChI=1S/C16H15ClN2O5/c17-13-7-11(19(22)23)3-4-14(13)18-15(20)8-24-16(21)12-6-9-1-2-10(12)5-9/h1-4,7,9-10,12H,5-6,8H2,(H,18,20). The highest BCUT2D eigenvalue weighted by Gasteiger charge is 2.40. The molecule has 1 aromatic rings. The van der Waals surface area contributed by atoms with Gasteiger partial charge in [0.2, 0.25) is 0 Å². The lowest BCUT2D eigenvalue weighted by molar-refractivity contribution is -0.384. The molecule has 0 radical (unpaired) electrons. The molecule has 1 saturated carbocycles. The quantitative estimate of drug-likeness (QED) is 0.381. The minimum atomic E-state index is -0.580. The summed E-state index contributed by atoms with van der Waals surface area (Å²) >= 11 is 5.89. The zero-order chi connectivity index (χ0) is 17.3. The maximum atomic E-state index is 12.0. The number of halogens is 1. The maximum absolute atomic E-state index is 12.0. The van der Waals surface area contributed by atoms with Crippen LogP contribution in [0.2, 0.25) is 5.02 Å². The molecule has 0 saturated heterocycles. The third kappa shape index (κ3) is 3.41. The molecule has 1 N–H and O–H groups in total. The molecule has 3 rings (SSSR count). The fourth-order valence-electron chi connectivity index (χ4n) is 3.20. The maximum Gasteiger partial charge on any atom is 0.310 e. The van der Waals surface area contributed by atoms with Gasteiger partial charge in [0.05, 0.1) is 21.6 Å². The number of fused-ring (bicyclic) bond motifs is 2. The first-order valence-corrected chi connectivity index (χ1v) is 7.90. The monoisotopic (exact) mass is 350 g/mol. The Hall–Kier alpha value is -2.41. The molecule has 1 fully saturated rings. The summed E-state index contributed by atoms with van der Waals surface area (Å²) in [6.07, 6.45) is 5.91. The van der Waals surface area contributed by atoms with Crippen LogP contribution in [0.5, 0.6) is 0 Å². The number of hydrogen-bond acceptors (Lipinski definition) is 5. The third-order valence-electron chi connectivity index (χ3n) is 4.36. The predicted molar refractivity (Wildman–Crippen MR) is 86.5 cm³/mol. The smallest absolute Gasteiger partial charge is 0.310 e. The summed E-state index contributed by atoms with van der Waals surface area (Å²) < 4.78 is 5.08. The molecule has 0 heterocycles. The minimum Gasteiger partial charge on any atom is -0.455 e. The van der Waals surface area contributed by atoms with Gasteiger partial charge in [-0.05, 0) is 30.7 Å². The minimum absolute atomic E-state index is 0.0436. The fourth-order valence-corrected chi connectivity index (χ4v) is 3.42. The number of esters is 1.